The smallest absolute Gasteiger partial charge is 0.249 e. The van der Waals surface area contributed by atoms with E-state index in [1.165, 1.54) is 12.8 Å². The van der Waals surface area contributed by atoms with Crippen LogP contribution in [0.2, 0.25) is 0 Å². The Labute approximate surface area is 108 Å². The molecule has 0 radical (unpaired) electrons. The fourth-order valence-corrected chi connectivity index (χ4v) is 3.59. The van der Waals surface area contributed by atoms with E-state index in [2.05, 4.69) is 5.32 Å². The number of carbonyl (C=O) groups is 2. The Hall–Kier alpha value is -1.06. The summed E-state index contributed by atoms with van der Waals surface area (Å²) in [6, 6.07) is -0.0101. The normalized spacial score (nSPS) is 38.1. The molecule has 0 aromatic rings. The van der Waals surface area contributed by atoms with Crippen molar-refractivity contribution < 1.29 is 9.59 Å². The number of piperazine rings is 1. The standard InChI is InChI=1S/C14H22N2O2/c1-9-12(17)15-14(2,10-7-8-10)13(18)16(9)11-5-3-4-6-11/h9-11H,3-8H2,1-2H3,(H,15,17). The highest BCUT2D eigenvalue weighted by Gasteiger charge is 2.55. The molecule has 0 bridgehead atoms. The van der Waals surface area contributed by atoms with Gasteiger partial charge in [0.2, 0.25) is 11.8 Å². The topological polar surface area (TPSA) is 49.4 Å². The van der Waals surface area contributed by atoms with E-state index < -0.39 is 5.54 Å². The molecule has 0 aromatic heterocycles. The van der Waals surface area contributed by atoms with Gasteiger partial charge in [0, 0.05) is 6.04 Å². The molecule has 1 N–H and O–H groups in total. The third kappa shape index (κ3) is 1.65. The third-order valence-corrected chi connectivity index (χ3v) is 4.97. The molecule has 2 amide bonds. The van der Waals surface area contributed by atoms with Crippen molar-refractivity contribution in [3.8, 4) is 0 Å². The molecular formula is C14H22N2O2. The van der Waals surface area contributed by atoms with Crippen molar-refractivity contribution >= 4 is 11.8 Å². The van der Waals surface area contributed by atoms with Crippen molar-refractivity contribution in [1.29, 1.82) is 0 Å². The lowest BCUT2D eigenvalue weighted by atomic mass is 9.88. The van der Waals surface area contributed by atoms with E-state index in [1.807, 2.05) is 18.7 Å². The number of hydrogen-bond acceptors (Lipinski definition) is 2. The van der Waals surface area contributed by atoms with Crippen molar-refractivity contribution in [3.63, 3.8) is 0 Å². The van der Waals surface area contributed by atoms with Gasteiger partial charge in [0.25, 0.3) is 0 Å². The molecule has 2 atom stereocenters. The van der Waals surface area contributed by atoms with Gasteiger partial charge in [-0.3, -0.25) is 9.59 Å². The van der Waals surface area contributed by atoms with Gasteiger partial charge in [0.15, 0.2) is 0 Å². The van der Waals surface area contributed by atoms with E-state index in [0.717, 1.165) is 25.7 Å². The minimum Gasteiger partial charge on any atom is -0.340 e. The SMILES string of the molecule is CC1C(=O)NC(C)(C2CC2)C(=O)N1C1CCCC1. The minimum atomic E-state index is -0.633. The predicted octanol–water partition coefficient (Wildman–Crippen LogP) is 1.44. The van der Waals surface area contributed by atoms with Crippen molar-refractivity contribution in [3.05, 3.63) is 0 Å². The van der Waals surface area contributed by atoms with Gasteiger partial charge in [-0.15, -0.1) is 0 Å². The summed E-state index contributed by atoms with van der Waals surface area (Å²) in [5, 5.41) is 2.98. The second-order valence-electron chi connectivity index (χ2n) is 6.29. The van der Waals surface area contributed by atoms with Crippen LogP contribution in [0, 0.1) is 5.92 Å². The number of nitrogens with one attached hydrogen (secondary N) is 1. The first-order valence-corrected chi connectivity index (χ1v) is 7.19. The van der Waals surface area contributed by atoms with Crippen molar-refractivity contribution in [2.24, 2.45) is 5.92 Å². The molecule has 0 aromatic carbocycles. The van der Waals surface area contributed by atoms with Gasteiger partial charge in [-0.1, -0.05) is 12.8 Å². The number of carbonyl (C=O) groups excluding carboxylic acids is 2. The summed E-state index contributed by atoms with van der Waals surface area (Å²) in [5.74, 6) is 0.533. The van der Waals surface area contributed by atoms with E-state index in [1.54, 1.807) is 0 Å². The van der Waals surface area contributed by atoms with Gasteiger partial charge >= 0.3 is 0 Å². The van der Waals surface area contributed by atoms with Gasteiger partial charge in [-0.05, 0) is 45.4 Å². The zero-order valence-corrected chi connectivity index (χ0v) is 11.2. The number of amides is 2. The molecule has 4 nitrogen and oxygen atoms in total. The average Bonchev–Trinajstić information content (AvgIpc) is 3.06. The zero-order valence-electron chi connectivity index (χ0n) is 11.2. The molecule has 2 aliphatic carbocycles. The van der Waals surface area contributed by atoms with Crippen LogP contribution in [0.5, 0.6) is 0 Å². The first-order chi connectivity index (χ1) is 8.54. The summed E-state index contributed by atoms with van der Waals surface area (Å²) >= 11 is 0. The lowest BCUT2D eigenvalue weighted by molar-refractivity contribution is -0.157. The van der Waals surface area contributed by atoms with E-state index >= 15 is 0 Å². The fourth-order valence-electron chi connectivity index (χ4n) is 3.59. The maximum atomic E-state index is 12.8. The van der Waals surface area contributed by atoms with E-state index in [0.29, 0.717) is 5.92 Å². The van der Waals surface area contributed by atoms with Crippen molar-refractivity contribution in [1.82, 2.24) is 10.2 Å². The summed E-state index contributed by atoms with van der Waals surface area (Å²) in [7, 11) is 0. The number of nitrogens with zero attached hydrogens (tertiary/aromatic N) is 1. The molecular weight excluding hydrogens is 228 g/mol. The largest absolute Gasteiger partial charge is 0.340 e. The molecule has 1 aliphatic heterocycles. The van der Waals surface area contributed by atoms with Crippen LogP contribution >= 0.6 is 0 Å². The molecule has 100 valence electrons. The first-order valence-electron chi connectivity index (χ1n) is 7.19. The lowest BCUT2D eigenvalue weighted by Crippen LogP contribution is -2.71. The Morgan fingerprint density at radius 2 is 1.78 bits per heavy atom. The highest BCUT2D eigenvalue weighted by molar-refractivity contribution is 6.00. The molecule has 1 heterocycles. The molecule has 18 heavy (non-hydrogen) atoms. The van der Waals surface area contributed by atoms with E-state index in [9.17, 15) is 9.59 Å². The third-order valence-electron chi connectivity index (χ3n) is 4.97. The van der Waals surface area contributed by atoms with Crippen LogP contribution in [-0.4, -0.2) is 34.3 Å². The fraction of sp³-hybridized carbons (Fsp3) is 0.857. The summed E-state index contributed by atoms with van der Waals surface area (Å²) < 4.78 is 0. The van der Waals surface area contributed by atoms with Crippen LogP contribution in [0.25, 0.3) is 0 Å². The van der Waals surface area contributed by atoms with Crippen LogP contribution in [0.1, 0.15) is 52.4 Å². The maximum Gasteiger partial charge on any atom is 0.249 e. The summed E-state index contributed by atoms with van der Waals surface area (Å²) in [4.78, 5) is 26.8. The first kappa shape index (κ1) is 12.0. The highest BCUT2D eigenvalue weighted by Crippen LogP contribution is 2.43. The summed E-state index contributed by atoms with van der Waals surface area (Å²) in [6.07, 6.45) is 6.62. The molecule has 1 saturated heterocycles. The van der Waals surface area contributed by atoms with Crippen LogP contribution in [0.3, 0.4) is 0 Å². The molecule has 0 spiro atoms. The monoisotopic (exact) mass is 250 g/mol. The zero-order chi connectivity index (χ0) is 12.9. The van der Waals surface area contributed by atoms with Gasteiger partial charge in [-0.25, -0.2) is 0 Å². The maximum absolute atomic E-state index is 12.8. The molecule has 4 heteroatoms. The van der Waals surface area contributed by atoms with Crippen LogP contribution < -0.4 is 5.32 Å². The molecule has 3 aliphatic rings. The second kappa shape index (κ2) is 3.97. The summed E-state index contributed by atoms with van der Waals surface area (Å²) in [6.45, 7) is 3.77. The van der Waals surface area contributed by atoms with Gasteiger partial charge in [0.05, 0.1) is 0 Å². The van der Waals surface area contributed by atoms with Gasteiger partial charge < -0.3 is 10.2 Å². The number of hydrogen-bond donors (Lipinski definition) is 1. The Kier molecular flexibility index (Phi) is 2.65. The van der Waals surface area contributed by atoms with Gasteiger partial charge in [-0.2, -0.15) is 0 Å². The Bertz CT molecular complexity index is 385. The highest BCUT2D eigenvalue weighted by atomic mass is 16.2. The average molecular weight is 250 g/mol. The van der Waals surface area contributed by atoms with Crippen LogP contribution in [-0.2, 0) is 9.59 Å². The van der Waals surface area contributed by atoms with E-state index in [4.69, 9.17) is 0 Å². The molecule has 2 saturated carbocycles. The second-order valence-corrected chi connectivity index (χ2v) is 6.29. The summed E-state index contributed by atoms with van der Waals surface area (Å²) in [5.41, 5.74) is -0.633. The predicted molar refractivity (Wildman–Crippen MR) is 67.8 cm³/mol. The Morgan fingerprint density at radius 3 is 2.33 bits per heavy atom. The quantitative estimate of drug-likeness (QED) is 0.806. The molecule has 3 fully saturated rings. The number of rotatable bonds is 2. The van der Waals surface area contributed by atoms with Crippen LogP contribution in [0.15, 0.2) is 0 Å². The minimum absolute atomic E-state index is 0.0240. The van der Waals surface area contributed by atoms with E-state index in [-0.39, 0.29) is 23.9 Å². The molecule has 3 rings (SSSR count). The Balaban J connectivity index is 1.89. The van der Waals surface area contributed by atoms with Crippen LogP contribution in [0.4, 0.5) is 0 Å². The van der Waals surface area contributed by atoms with Crippen molar-refractivity contribution in [2.75, 3.05) is 0 Å². The molecule has 2 unspecified atom stereocenters. The Morgan fingerprint density at radius 1 is 1.17 bits per heavy atom. The lowest BCUT2D eigenvalue weighted by Gasteiger charge is -2.46. The van der Waals surface area contributed by atoms with Crippen molar-refractivity contribution in [2.45, 2.75) is 70.0 Å². The van der Waals surface area contributed by atoms with Gasteiger partial charge in [0.1, 0.15) is 11.6 Å².